The fourth-order valence-corrected chi connectivity index (χ4v) is 7.18. The van der Waals surface area contributed by atoms with Gasteiger partial charge in [0.1, 0.15) is 18.5 Å². The van der Waals surface area contributed by atoms with Gasteiger partial charge < -0.3 is 30.3 Å². The largest absolute Gasteiger partial charge is 0.493 e. The summed E-state index contributed by atoms with van der Waals surface area (Å²) in [4.78, 5) is 34.2. The molecule has 264 valence electrons. The maximum Gasteiger partial charge on any atom is 0.323 e. The quantitative estimate of drug-likeness (QED) is 0.206. The summed E-state index contributed by atoms with van der Waals surface area (Å²) in [5.74, 6) is -2.92. The van der Waals surface area contributed by atoms with Crippen molar-refractivity contribution >= 4 is 39.2 Å². The van der Waals surface area contributed by atoms with Crippen molar-refractivity contribution in [1.82, 2.24) is 9.71 Å². The van der Waals surface area contributed by atoms with E-state index in [-0.39, 0.29) is 61.3 Å². The van der Waals surface area contributed by atoms with Gasteiger partial charge in [0, 0.05) is 45.6 Å². The number of carbonyl (C=O) groups excluding carboxylic acids is 2. The lowest BCUT2D eigenvalue weighted by Gasteiger charge is -2.35. The standard InChI is InChI=1S/C33H46F2N6O6S/c1-4-22(2)28(36)31(43)47-20-15-37-48(44,45)23-5-6-24(25(21-23)40-16-11-32(9-10-32)12-17-40)30(42)39-27-8-7-26(46-3)29(38-27)41-18-13-33(34,35)14-19-41/h5-8,21-22,28,37H,4,9-20,36H2,1-3H3,(H,38,39,42)/t22?,28-/m1/s1. The number of carbonyl (C=O) groups is 2. The first kappa shape index (κ1) is 35.7. The number of anilines is 3. The summed E-state index contributed by atoms with van der Waals surface area (Å²) in [5.41, 5.74) is 6.99. The van der Waals surface area contributed by atoms with Gasteiger partial charge in [0.25, 0.3) is 11.8 Å². The van der Waals surface area contributed by atoms with Gasteiger partial charge in [-0.3, -0.25) is 9.59 Å². The van der Waals surface area contributed by atoms with Crippen LogP contribution in [0.15, 0.2) is 35.2 Å². The molecule has 5 rings (SSSR count). The number of amides is 1. The smallest absolute Gasteiger partial charge is 0.323 e. The third-order valence-electron chi connectivity index (χ3n) is 9.91. The average molecular weight is 693 g/mol. The fourth-order valence-electron chi connectivity index (χ4n) is 6.14. The number of piperidine rings is 2. The molecule has 12 nitrogen and oxygen atoms in total. The van der Waals surface area contributed by atoms with E-state index in [1.807, 2.05) is 18.7 Å². The highest BCUT2D eigenvalue weighted by molar-refractivity contribution is 7.89. The van der Waals surface area contributed by atoms with Crippen molar-refractivity contribution in [2.45, 2.75) is 75.7 Å². The van der Waals surface area contributed by atoms with Gasteiger partial charge in [0.15, 0.2) is 11.6 Å². The van der Waals surface area contributed by atoms with E-state index in [1.165, 1.54) is 38.2 Å². The van der Waals surface area contributed by atoms with Crippen LogP contribution in [-0.4, -0.2) is 83.7 Å². The monoisotopic (exact) mass is 692 g/mol. The first-order valence-electron chi connectivity index (χ1n) is 16.6. The number of nitrogens with zero attached hydrogens (tertiary/aromatic N) is 3. The Morgan fingerprint density at radius 1 is 1.02 bits per heavy atom. The van der Waals surface area contributed by atoms with Crippen LogP contribution in [0.1, 0.15) is 69.2 Å². The molecule has 3 fully saturated rings. The van der Waals surface area contributed by atoms with E-state index in [0.29, 0.717) is 42.2 Å². The molecule has 2 aromatic rings. The summed E-state index contributed by atoms with van der Waals surface area (Å²) in [5, 5.41) is 2.81. The SMILES string of the molecule is CCC(C)[C@@H](N)C(=O)OCCNS(=O)(=O)c1ccc(C(=O)Nc2ccc(OC)c(N3CCC(F)(F)CC3)n2)c(N2CCC3(CC2)CC3)c1. The Labute approximate surface area is 280 Å². The van der Waals surface area contributed by atoms with Crippen molar-refractivity contribution in [3.05, 3.63) is 35.9 Å². The topological polar surface area (TPSA) is 156 Å². The van der Waals surface area contributed by atoms with Crippen LogP contribution in [0.4, 0.5) is 26.1 Å². The van der Waals surface area contributed by atoms with Crippen molar-refractivity contribution in [3.8, 4) is 5.75 Å². The number of ether oxygens (including phenoxy) is 2. The van der Waals surface area contributed by atoms with Gasteiger partial charge in [-0.15, -0.1) is 0 Å². The van der Waals surface area contributed by atoms with E-state index in [1.54, 1.807) is 17.0 Å². The maximum atomic E-state index is 13.8. The Morgan fingerprint density at radius 2 is 1.69 bits per heavy atom. The van der Waals surface area contributed by atoms with E-state index in [4.69, 9.17) is 15.2 Å². The summed E-state index contributed by atoms with van der Waals surface area (Å²) >= 11 is 0. The Kier molecular flexibility index (Phi) is 10.8. The molecule has 2 saturated heterocycles. The van der Waals surface area contributed by atoms with Crippen LogP contribution in [0.25, 0.3) is 0 Å². The van der Waals surface area contributed by atoms with Crippen LogP contribution in [0.2, 0.25) is 0 Å². The first-order chi connectivity index (χ1) is 22.8. The van der Waals surface area contributed by atoms with E-state index >= 15 is 0 Å². The van der Waals surface area contributed by atoms with Crippen molar-refractivity contribution in [3.63, 3.8) is 0 Å². The van der Waals surface area contributed by atoms with Gasteiger partial charge in [-0.05, 0) is 67.3 Å². The number of rotatable bonds is 13. The van der Waals surface area contributed by atoms with Crippen LogP contribution < -0.4 is 30.3 Å². The molecule has 1 aliphatic carbocycles. The number of alkyl halides is 2. The highest BCUT2D eigenvalue weighted by atomic mass is 32.2. The number of halogens is 2. The Balaban J connectivity index is 1.33. The number of sulfonamides is 1. The maximum absolute atomic E-state index is 13.8. The third kappa shape index (κ3) is 8.35. The molecule has 0 bridgehead atoms. The second-order valence-corrected chi connectivity index (χ2v) is 14.9. The van der Waals surface area contributed by atoms with Gasteiger partial charge in [0.2, 0.25) is 10.0 Å². The zero-order valence-electron chi connectivity index (χ0n) is 27.8. The summed E-state index contributed by atoms with van der Waals surface area (Å²) in [6.07, 6.45) is 4.35. The molecule has 1 saturated carbocycles. The van der Waals surface area contributed by atoms with Gasteiger partial charge in [-0.1, -0.05) is 20.3 Å². The normalized spacial score (nSPS) is 19.8. The minimum absolute atomic E-state index is 0.0323. The summed E-state index contributed by atoms with van der Waals surface area (Å²) in [7, 11) is -2.56. The Bertz CT molecular complexity index is 1580. The predicted molar refractivity (Wildman–Crippen MR) is 178 cm³/mol. The molecule has 1 amide bonds. The van der Waals surface area contributed by atoms with Crippen LogP contribution in [0.5, 0.6) is 5.75 Å². The molecular weight excluding hydrogens is 646 g/mol. The molecule has 1 aromatic heterocycles. The molecule has 2 aliphatic heterocycles. The second kappa shape index (κ2) is 14.5. The van der Waals surface area contributed by atoms with Crippen LogP contribution >= 0.6 is 0 Å². The molecule has 2 atom stereocenters. The number of methoxy groups -OCH3 is 1. The molecule has 4 N–H and O–H groups in total. The minimum Gasteiger partial charge on any atom is -0.493 e. The van der Waals surface area contributed by atoms with E-state index in [2.05, 4.69) is 15.0 Å². The van der Waals surface area contributed by atoms with Crippen molar-refractivity contribution in [2.75, 3.05) is 61.6 Å². The second-order valence-electron chi connectivity index (χ2n) is 13.2. The molecule has 3 aliphatic rings. The van der Waals surface area contributed by atoms with Crippen molar-refractivity contribution in [2.24, 2.45) is 17.1 Å². The van der Waals surface area contributed by atoms with Crippen LogP contribution in [0, 0.1) is 11.3 Å². The van der Waals surface area contributed by atoms with Gasteiger partial charge >= 0.3 is 5.97 Å². The molecule has 15 heteroatoms. The van der Waals surface area contributed by atoms with E-state index in [0.717, 1.165) is 12.8 Å². The van der Waals surface area contributed by atoms with E-state index in [9.17, 15) is 26.8 Å². The number of aromatic nitrogens is 1. The lowest BCUT2D eigenvalue weighted by atomic mass is 9.93. The number of hydrogen-bond donors (Lipinski definition) is 3. The number of hydrogen-bond acceptors (Lipinski definition) is 10. The highest BCUT2D eigenvalue weighted by Crippen LogP contribution is 2.54. The third-order valence-corrected chi connectivity index (χ3v) is 11.4. The zero-order chi connectivity index (χ0) is 34.7. The van der Waals surface area contributed by atoms with Crippen molar-refractivity contribution in [1.29, 1.82) is 0 Å². The number of esters is 1. The lowest BCUT2D eigenvalue weighted by molar-refractivity contribution is -0.146. The Hall–Kier alpha value is -3.56. The number of nitrogens with one attached hydrogen (secondary N) is 2. The van der Waals surface area contributed by atoms with Crippen LogP contribution in [-0.2, 0) is 19.6 Å². The first-order valence-corrected chi connectivity index (χ1v) is 18.0. The molecule has 3 heterocycles. The number of benzene rings is 1. The molecular formula is C33H46F2N6O6S. The molecule has 1 aromatic carbocycles. The summed E-state index contributed by atoms with van der Waals surface area (Å²) in [6.45, 7) is 4.96. The van der Waals surface area contributed by atoms with Crippen LogP contribution in [0.3, 0.4) is 0 Å². The lowest BCUT2D eigenvalue weighted by Crippen LogP contribution is -2.40. The van der Waals surface area contributed by atoms with Gasteiger partial charge in [-0.2, -0.15) is 0 Å². The summed E-state index contributed by atoms with van der Waals surface area (Å²) < 4.78 is 67.3. The molecule has 0 radical (unpaired) electrons. The minimum atomic E-state index is -4.02. The summed E-state index contributed by atoms with van der Waals surface area (Å²) in [6, 6.07) is 6.74. The highest BCUT2D eigenvalue weighted by Gasteiger charge is 2.45. The fraction of sp³-hybridized carbons (Fsp3) is 0.606. The van der Waals surface area contributed by atoms with Gasteiger partial charge in [-0.25, -0.2) is 26.9 Å². The molecule has 1 spiro atoms. The predicted octanol–water partition coefficient (Wildman–Crippen LogP) is 4.15. The van der Waals surface area contributed by atoms with E-state index < -0.39 is 33.9 Å². The van der Waals surface area contributed by atoms with Crippen molar-refractivity contribution < 1.29 is 36.3 Å². The molecule has 1 unspecified atom stereocenters. The number of nitrogens with two attached hydrogens (primary N) is 1. The Morgan fingerprint density at radius 3 is 2.31 bits per heavy atom. The van der Waals surface area contributed by atoms with Gasteiger partial charge in [0.05, 0.1) is 23.3 Å². The average Bonchev–Trinajstić information content (AvgIpc) is 3.84. The zero-order valence-corrected chi connectivity index (χ0v) is 28.6. The number of pyridine rings is 1. The molecule has 48 heavy (non-hydrogen) atoms.